The molecule has 49 heavy (non-hydrogen) atoms. The summed E-state index contributed by atoms with van der Waals surface area (Å²) in [5.74, 6) is -0.253. The van der Waals surface area contributed by atoms with E-state index in [1.807, 2.05) is 0 Å². The van der Waals surface area contributed by atoms with Crippen molar-refractivity contribution in [3.05, 3.63) is 48.6 Å². The zero-order chi connectivity index (χ0) is 35.9. The Morgan fingerprint density at radius 2 is 0.694 bits per heavy atom. The Bertz CT molecular complexity index is 789. The molecule has 0 saturated heterocycles. The van der Waals surface area contributed by atoms with E-state index in [0.29, 0.717) is 12.8 Å². The molecule has 0 N–H and O–H groups in total. The van der Waals surface area contributed by atoms with Crippen molar-refractivity contribution in [2.24, 2.45) is 0 Å². The SMILES string of the molecule is CCCCC/C=C\C/C=C\CCCCCCCC(=O)[O][Sn]([CH2]CCC)([CH2]CCC)[O]C(=O)CCCCCCC/C=C/C/C=C/CCCCC. The summed E-state index contributed by atoms with van der Waals surface area (Å²) in [6, 6.07) is 0. The first-order chi connectivity index (χ1) is 24.0. The van der Waals surface area contributed by atoms with Gasteiger partial charge >= 0.3 is 222 Å². The fourth-order valence-corrected chi connectivity index (χ4v) is 16.0. The van der Waals surface area contributed by atoms with Crippen LogP contribution in [0, 0.1) is 0 Å². The Kier molecular flexibility index (Phi) is 36.9. The minimum atomic E-state index is -3.83. The molecular weight excluding hydrogens is 711 g/mol. The summed E-state index contributed by atoms with van der Waals surface area (Å²) in [6.45, 7) is 8.81. The topological polar surface area (TPSA) is 52.6 Å². The normalized spacial score (nSPS) is 12.3. The number of carbonyl (C=O) groups excluding carboxylic acids is 2. The number of hydrogen-bond acceptors (Lipinski definition) is 4. The summed E-state index contributed by atoms with van der Waals surface area (Å²) in [7, 11) is 0. The van der Waals surface area contributed by atoms with Gasteiger partial charge in [0.05, 0.1) is 0 Å². The van der Waals surface area contributed by atoms with Gasteiger partial charge < -0.3 is 0 Å². The van der Waals surface area contributed by atoms with Crippen molar-refractivity contribution < 1.29 is 15.7 Å². The molecule has 0 spiro atoms. The third-order valence-corrected chi connectivity index (χ3v) is 18.9. The van der Waals surface area contributed by atoms with E-state index in [1.54, 1.807) is 0 Å². The second-order valence-corrected chi connectivity index (χ2v) is 23.2. The molecule has 0 aliphatic rings. The van der Waals surface area contributed by atoms with Gasteiger partial charge in [0, 0.05) is 0 Å². The zero-order valence-electron chi connectivity index (χ0n) is 33.0. The Morgan fingerprint density at radius 1 is 0.388 bits per heavy atom. The smallest absolute Gasteiger partial charge is 0.0882 e. The molecule has 0 heterocycles. The summed E-state index contributed by atoms with van der Waals surface area (Å²) >= 11 is -3.83. The van der Waals surface area contributed by atoms with Gasteiger partial charge in [-0.3, -0.25) is 0 Å². The van der Waals surface area contributed by atoms with Gasteiger partial charge in [0.1, 0.15) is 0 Å². The van der Waals surface area contributed by atoms with Crippen molar-refractivity contribution in [2.45, 2.75) is 216 Å². The number of allylic oxidation sites excluding steroid dienone is 8. The zero-order valence-corrected chi connectivity index (χ0v) is 35.8. The van der Waals surface area contributed by atoms with E-state index in [2.05, 4.69) is 76.3 Å². The molecule has 0 saturated carbocycles. The molecule has 0 atom stereocenters. The fourth-order valence-electron chi connectivity index (χ4n) is 5.92. The van der Waals surface area contributed by atoms with Crippen molar-refractivity contribution in [3.63, 3.8) is 0 Å². The molecule has 284 valence electrons. The van der Waals surface area contributed by atoms with Crippen LogP contribution in [-0.2, 0) is 15.7 Å². The molecule has 0 amide bonds. The maximum absolute atomic E-state index is 13.0. The molecule has 0 fully saturated rings. The molecule has 0 aromatic rings. The van der Waals surface area contributed by atoms with Crippen LogP contribution in [0.1, 0.15) is 207 Å². The van der Waals surface area contributed by atoms with Crippen LogP contribution in [-0.4, -0.2) is 31.1 Å². The van der Waals surface area contributed by atoms with Gasteiger partial charge in [0.2, 0.25) is 0 Å². The van der Waals surface area contributed by atoms with Crippen LogP contribution in [0.3, 0.4) is 0 Å². The van der Waals surface area contributed by atoms with E-state index >= 15 is 0 Å². The molecule has 0 aromatic carbocycles. The van der Waals surface area contributed by atoms with Gasteiger partial charge in [-0.25, -0.2) is 0 Å². The monoisotopic (exact) mass is 793 g/mol. The Labute approximate surface area is 310 Å². The van der Waals surface area contributed by atoms with Crippen molar-refractivity contribution in [3.8, 4) is 0 Å². The summed E-state index contributed by atoms with van der Waals surface area (Å²) in [5.41, 5.74) is 0. The van der Waals surface area contributed by atoms with Crippen LogP contribution < -0.4 is 0 Å². The average Bonchev–Trinajstić information content (AvgIpc) is 3.09. The number of hydrogen-bond donors (Lipinski definition) is 0. The van der Waals surface area contributed by atoms with Gasteiger partial charge in [-0.05, 0) is 25.7 Å². The average molecular weight is 792 g/mol. The van der Waals surface area contributed by atoms with Gasteiger partial charge in [0.15, 0.2) is 0 Å². The summed E-state index contributed by atoms with van der Waals surface area (Å²) < 4.78 is 14.1. The quantitative estimate of drug-likeness (QED) is 0.0360. The van der Waals surface area contributed by atoms with E-state index in [9.17, 15) is 9.59 Å². The molecule has 0 unspecified atom stereocenters. The first-order valence-corrected chi connectivity index (χ1v) is 27.4. The number of rotatable bonds is 36. The molecule has 0 radical (unpaired) electrons. The predicted molar refractivity (Wildman–Crippen MR) is 216 cm³/mol. The predicted octanol–water partition coefficient (Wildman–Crippen LogP) is 14.7. The van der Waals surface area contributed by atoms with E-state index in [1.165, 1.54) is 77.0 Å². The minimum absolute atomic E-state index is 0.126. The summed E-state index contributed by atoms with van der Waals surface area (Å²) in [6.07, 6.45) is 48.8. The summed E-state index contributed by atoms with van der Waals surface area (Å²) in [4.78, 5) is 26.0. The van der Waals surface area contributed by atoms with Gasteiger partial charge in [-0.1, -0.05) is 63.8 Å². The molecule has 5 heteroatoms. The Balaban J connectivity index is 4.33. The second kappa shape index (κ2) is 37.9. The fraction of sp³-hybridized carbons (Fsp3) is 0.773. The molecule has 0 aliphatic heterocycles. The molecule has 0 bridgehead atoms. The van der Waals surface area contributed by atoms with E-state index in [4.69, 9.17) is 6.15 Å². The Hall–Kier alpha value is -1.30. The third kappa shape index (κ3) is 33.6. The third-order valence-electron chi connectivity index (χ3n) is 9.09. The van der Waals surface area contributed by atoms with Crippen LogP contribution in [0.2, 0.25) is 8.87 Å². The number of unbranched alkanes of at least 4 members (excludes halogenated alkanes) is 18. The molecule has 4 nitrogen and oxygen atoms in total. The first kappa shape index (κ1) is 47.7. The first-order valence-electron chi connectivity index (χ1n) is 21.1. The van der Waals surface area contributed by atoms with Gasteiger partial charge in [0.25, 0.3) is 0 Å². The van der Waals surface area contributed by atoms with Crippen LogP contribution in [0.25, 0.3) is 0 Å². The van der Waals surface area contributed by atoms with Crippen LogP contribution in [0.5, 0.6) is 0 Å². The summed E-state index contributed by atoms with van der Waals surface area (Å²) in [5, 5.41) is 0. The standard InChI is InChI=1S/2C18H32O2.2C4H9.Sn/c2*1-2-3-4-5-6-7-8-9-10-11-12-13-14-15-16-17-18(19)20;2*1-3-4-2;/h2*6-7,9-10H,2-5,8,11-17H2,1H3,(H,19,20);2*1,3-4H2,2H3;/q;;;;+2/p-2/b7-6+,10-9+;7-6-,10-9-;;;. The number of carbonyl (C=O) groups is 2. The van der Waals surface area contributed by atoms with E-state index < -0.39 is 19.2 Å². The van der Waals surface area contributed by atoms with Crippen molar-refractivity contribution >= 4 is 31.1 Å². The molecule has 0 rings (SSSR count). The van der Waals surface area contributed by atoms with Crippen LogP contribution in [0.4, 0.5) is 0 Å². The van der Waals surface area contributed by atoms with E-state index in [0.717, 1.165) is 98.8 Å². The maximum atomic E-state index is 13.0. The minimum Gasteiger partial charge on any atom is -0.0882 e. The Morgan fingerprint density at radius 3 is 1.04 bits per heavy atom. The van der Waals surface area contributed by atoms with Crippen LogP contribution >= 0.6 is 0 Å². The van der Waals surface area contributed by atoms with Crippen LogP contribution in [0.15, 0.2) is 48.6 Å². The van der Waals surface area contributed by atoms with E-state index in [-0.39, 0.29) is 11.9 Å². The van der Waals surface area contributed by atoms with Crippen molar-refractivity contribution in [1.82, 2.24) is 0 Å². The van der Waals surface area contributed by atoms with Crippen molar-refractivity contribution in [1.29, 1.82) is 0 Å². The molecule has 0 aliphatic carbocycles. The molecular formula is C44H80O4Sn. The van der Waals surface area contributed by atoms with Gasteiger partial charge in [-0.15, -0.1) is 0 Å². The second-order valence-electron chi connectivity index (χ2n) is 14.0. The molecule has 0 aromatic heterocycles. The van der Waals surface area contributed by atoms with Crippen molar-refractivity contribution in [2.75, 3.05) is 0 Å². The van der Waals surface area contributed by atoms with Gasteiger partial charge in [-0.2, -0.15) is 0 Å².